The van der Waals surface area contributed by atoms with E-state index in [9.17, 15) is 0 Å². The van der Waals surface area contributed by atoms with E-state index < -0.39 is 0 Å². The van der Waals surface area contributed by atoms with Gasteiger partial charge >= 0.3 is 0 Å². The molecule has 0 radical (unpaired) electrons. The quantitative estimate of drug-likeness (QED) is 0.771. The Morgan fingerprint density at radius 1 is 1.46 bits per heavy atom. The van der Waals surface area contributed by atoms with Crippen LogP contribution < -0.4 is 10.5 Å². The van der Waals surface area contributed by atoms with Gasteiger partial charge in [-0.25, -0.2) is 4.68 Å². The minimum atomic E-state index is 0.624. The van der Waals surface area contributed by atoms with Crippen molar-refractivity contribution in [2.75, 3.05) is 12.3 Å². The molecule has 0 spiro atoms. The minimum absolute atomic E-state index is 0.624. The van der Waals surface area contributed by atoms with Crippen LogP contribution in [0.5, 0.6) is 5.88 Å². The van der Waals surface area contributed by atoms with Gasteiger partial charge < -0.3 is 10.5 Å². The summed E-state index contributed by atoms with van der Waals surface area (Å²) in [5.41, 5.74) is 7.32. The monoisotopic (exact) mass is 183 g/mol. The van der Waals surface area contributed by atoms with E-state index in [0.29, 0.717) is 18.2 Å². The van der Waals surface area contributed by atoms with E-state index >= 15 is 0 Å². The first-order chi connectivity index (χ1) is 6.20. The highest BCUT2D eigenvalue weighted by molar-refractivity contribution is 5.52. The Hall–Kier alpha value is -1.19. The first kappa shape index (κ1) is 9.89. The van der Waals surface area contributed by atoms with Crippen molar-refractivity contribution in [1.82, 2.24) is 9.78 Å². The van der Waals surface area contributed by atoms with Gasteiger partial charge in [-0.05, 0) is 20.3 Å². The van der Waals surface area contributed by atoms with Crippen molar-refractivity contribution in [3.63, 3.8) is 0 Å². The zero-order valence-corrected chi connectivity index (χ0v) is 8.50. The summed E-state index contributed by atoms with van der Waals surface area (Å²) in [5.74, 6) is 0.710. The lowest BCUT2D eigenvalue weighted by atomic mass is 10.4. The molecular weight excluding hydrogens is 166 g/mol. The summed E-state index contributed by atoms with van der Waals surface area (Å²) in [6.07, 6.45) is 1.03. The minimum Gasteiger partial charge on any atom is -0.477 e. The molecule has 0 amide bonds. The molecule has 1 aromatic heterocycles. The number of hydrogen-bond donors (Lipinski definition) is 1. The van der Waals surface area contributed by atoms with E-state index in [4.69, 9.17) is 10.5 Å². The predicted molar refractivity (Wildman–Crippen MR) is 52.8 cm³/mol. The number of nitrogen functional groups attached to an aromatic ring is 1. The summed E-state index contributed by atoms with van der Waals surface area (Å²) in [7, 11) is 0. The number of aryl methyl sites for hydroxylation is 2. The summed E-state index contributed by atoms with van der Waals surface area (Å²) in [6, 6.07) is 0. The average Bonchev–Trinajstić information content (AvgIpc) is 2.34. The van der Waals surface area contributed by atoms with Crippen LogP contribution >= 0.6 is 0 Å². The van der Waals surface area contributed by atoms with E-state index in [1.165, 1.54) is 0 Å². The highest BCUT2D eigenvalue weighted by atomic mass is 16.5. The fraction of sp³-hybridized carbons (Fsp3) is 0.667. The number of nitrogens with zero attached hydrogens (tertiary/aromatic N) is 2. The van der Waals surface area contributed by atoms with Crippen LogP contribution in [0.25, 0.3) is 0 Å². The van der Waals surface area contributed by atoms with Gasteiger partial charge in [0.25, 0.3) is 0 Å². The van der Waals surface area contributed by atoms with Crippen LogP contribution in [0.4, 0.5) is 5.69 Å². The number of hydrogen-bond acceptors (Lipinski definition) is 3. The van der Waals surface area contributed by atoms with Gasteiger partial charge in [0.05, 0.1) is 12.3 Å². The van der Waals surface area contributed by atoms with Crippen LogP contribution in [0.2, 0.25) is 0 Å². The number of anilines is 1. The molecule has 13 heavy (non-hydrogen) atoms. The van der Waals surface area contributed by atoms with Crippen molar-refractivity contribution < 1.29 is 4.74 Å². The van der Waals surface area contributed by atoms with E-state index in [0.717, 1.165) is 18.7 Å². The molecule has 4 heteroatoms. The second-order valence-electron chi connectivity index (χ2n) is 2.96. The maximum absolute atomic E-state index is 5.81. The van der Waals surface area contributed by atoms with Crippen LogP contribution in [-0.4, -0.2) is 16.4 Å². The Kier molecular flexibility index (Phi) is 3.17. The Morgan fingerprint density at radius 3 is 2.69 bits per heavy atom. The van der Waals surface area contributed by atoms with Crippen LogP contribution in [0.1, 0.15) is 26.0 Å². The van der Waals surface area contributed by atoms with Crippen molar-refractivity contribution in [2.45, 2.75) is 33.7 Å². The van der Waals surface area contributed by atoms with Crippen LogP contribution in [0, 0.1) is 6.92 Å². The van der Waals surface area contributed by atoms with Gasteiger partial charge in [0.2, 0.25) is 5.88 Å². The first-order valence-electron chi connectivity index (χ1n) is 4.66. The normalized spacial score (nSPS) is 10.4. The molecule has 1 aromatic rings. The number of aromatic nitrogens is 2. The van der Waals surface area contributed by atoms with Gasteiger partial charge in [0.15, 0.2) is 0 Å². The molecule has 1 heterocycles. The highest BCUT2D eigenvalue weighted by Gasteiger charge is 2.12. The summed E-state index contributed by atoms with van der Waals surface area (Å²) in [4.78, 5) is 0. The highest BCUT2D eigenvalue weighted by Crippen LogP contribution is 2.24. The molecular formula is C9H17N3O. The largest absolute Gasteiger partial charge is 0.477 e. The number of rotatable bonds is 4. The molecule has 0 saturated heterocycles. The molecule has 0 fully saturated rings. The number of ether oxygens (including phenoxy) is 1. The molecule has 4 nitrogen and oxygen atoms in total. The van der Waals surface area contributed by atoms with Crippen molar-refractivity contribution in [1.29, 1.82) is 0 Å². The Balaban J connectivity index is 2.96. The zero-order chi connectivity index (χ0) is 9.84. The van der Waals surface area contributed by atoms with Gasteiger partial charge in [0.1, 0.15) is 5.69 Å². The maximum atomic E-state index is 5.81. The molecule has 0 aliphatic heterocycles. The summed E-state index contributed by atoms with van der Waals surface area (Å²) in [6.45, 7) is 7.41. The topological polar surface area (TPSA) is 53.1 Å². The van der Waals surface area contributed by atoms with Crippen molar-refractivity contribution in [3.8, 4) is 5.88 Å². The molecule has 74 valence electrons. The van der Waals surface area contributed by atoms with E-state index in [1.807, 2.05) is 18.5 Å². The second-order valence-corrected chi connectivity index (χ2v) is 2.96. The maximum Gasteiger partial charge on any atom is 0.236 e. The van der Waals surface area contributed by atoms with Gasteiger partial charge in [-0.15, -0.1) is 0 Å². The van der Waals surface area contributed by atoms with Gasteiger partial charge in [-0.2, -0.15) is 5.10 Å². The summed E-state index contributed by atoms with van der Waals surface area (Å²) < 4.78 is 7.24. The van der Waals surface area contributed by atoms with Crippen molar-refractivity contribution >= 4 is 5.69 Å². The lowest BCUT2D eigenvalue weighted by Gasteiger charge is -2.06. The van der Waals surface area contributed by atoms with E-state index in [1.54, 1.807) is 0 Å². The van der Waals surface area contributed by atoms with Gasteiger partial charge in [0, 0.05) is 6.54 Å². The molecule has 1 rings (SSSR count). The smallest absolute Gasteiger partial charge is 0.236 e. The average molecular weight is 183 g/mol. The molecule has 0 aliphatic rings. The van der Waals surface area contributed by atoms with Crippen LogP contribution in [0.3, 0.4) is 0 Å². The van der Waals surface area contributed by atoms with E-state index in [2.05, 4.69) is 12.0 Å². The molecule has 0 unspecified atom stereocenters. The van der Waals surface area contributed by atoms with Crippen molar-refractivity contribution in [2.24, 2.45) is 0 Å². The molecule has 0 bridgehead atoms. The second kappa shape index (κ2) is 4.16. The van der Waals surface area contributed by atoms with Gasteiger partial charge in [-0.1, -0.05) is 6.92 Å². The fourth-order valence-corrected chi connectivity index (χ4v) is 1.23. The Labute approximate surface area is 78.7 Å². The van der Waals surface area contributed by atoms with E-state index in [-0.39, 0.29) is 0 Å². The molecule has 2 N–H and O–H groups in total. The summed E-state index contributed by atoms with van der Waals surface area (Å²) in [5, 5.41) is 4.29. The van der Waals surface area contributed by atoms with Crippen LogP contribution in [-0.2, 0) is 6.54 Å². The SMILES string of the molecule is CCCn1nc(C)c(N)c1OCC. The molecule has 0 aromatic carbocycles. The summed E-state index contributed by atoms with van der Waals surface area (Å²) >= 11 is 0. The third-order valence-electron chi connectivity index (χ3n) is 1.84. The van der Waals surface area contributed by atoms with Crippen molar-refractivity contribution in [3.05, 3.63) is 5.69 Å². The zero-order valence-electron chi connectivity index (χ0n) is 8.50. The van der Waals surface area contributed by atoms with Crippen LogP contribution in [0.15, 0.2) is 0 Å². The first-order valence-corrected chi connectivity index (χ1v) is 4.66. The predicted octanol–water partition coefficient (Wildman–Crippen LogP) is 1.58. The lowest BCUT2D eigenvalue weighted by molar-refractivity contribution is 0.302. The Morgan fingerprint density at radius 2 is 2.15 bits per heavy atom. The number of nitrogens with two attached hydrogens (primary N) is 1. The lowest BCUT2D eigenvalue weighted by Crippen LogP contribution is -2.05. The Bertz CT molecular complexity index is 281. The van der Waals surface area contributed by atoms with Gasteiger partial charge in [-0.3, -0.25) is 0 Å². The molecule has 0 saturated carbocycles. The third-order valence-corrected chi connectivity index (χ3v) is 1.84. The third kappa shape index (κ3) is 1.94. The fourth-order valence-electron chi connectivity index (χ4n) is 1.23. The molecule has 0 atom stereocenters. The standard InChI is InChI=1S/C9H17N3O/c1-4-6-12-9(13-5-2)8(10)7(3)11-12/h4-6,10H2,1-3H3. The molecule has 0 aliphatic carbocycles.